The molecule has 1 N–H and O–H groups in total. The first-order valence-corrected chi connectivity index (χ1v) is 11.2. The second-order valence-electron chi connectivity index (χ2n) is 7.95. The highest BCUT2D eigenvalue weighted by Gasteiger charge is 2.23. The first-order valence-electron chi connectivity index (χ1n) is 11.2. The average molecular weight is 429 g/mol. The van der Waals surface area contributed by atoms with E-state index in [0.717, 1.165) is 37.1 Å². The maximum Gasteiger partial charge on any atom is 0.258 e. The van der Waals surface area contributed by atoms with Crippen molar-refractivity contribution < 1.29 is 14.3 Å². The molecule has 0 aromatic heterocycles. The Bertz CT molecular complexity index is 1070. The van der Waals surface area contributed by atoms with Crippen molar-refractivity contribution >= 4 is 23.2 Å². The van der Waals surface area contributed by atoms with Crippen LogP contribution in [0.4, 0.5) is 11.4 Å². The van der Waals surface area contributed by atoms with E-state index in [1.54, 1.807) is 36.4 Å². The zero-order valence-electron chi connectivity index (χ0n) is 18.3. The number of carbonyl (C=O) groups excluding carboxylic acids is 2. The first kappa shape index (κ1) is 21.6. The number of benzene rings is 3. The van der Waals surface area contributed by atoms with Gasteiger partial charge in [-0.2, -0.15) is 0 Å². The summed E-state index contributed by atoms with van der Waals surface area (Å²) in [5.74, 6) is 0.542. The van der Waals surface area contributed by atoms with Gasteiger partial charge in [0, 0.05) is 29.0 Å². The van der Waals surface area contributed by atoms with Gasteiger partial charge in [-0.15, -0.1) is 0 Å². The number of aryl methyl sites for hydroxylation is 1. The summed E-state index contributed by atoms with van der Waals surface area (Å²) in [6.07, 6.45) is 4.04. The highest BCUT2D eigenvalue weighted by atomic mass is 16.5. The van der Waals surface area contributed by atoms with Crippen LogP contribution in [0.2, 0.25) is 0 Å². The van der Waals surface area contributed by atoms with Gasteiger partial charge in [0.1, 0.15) is 5.75 Å². The van der Waals surface area contributed by atoms with Crippen molar-refractivity contribution in [3.63, 3.8) is 0 Å². The van der Waals surface area contributed by atoms with Crippen molar-refractivity contribution in [3.8, 4) is 5.75 Å². The number of ether oxygens (including phenoxy) is 1. The number of para-hydroxylation sites is 1. The van der Waals surface area contributed by atoms with Crippen molar-refractivity contribution in [1.29, 1.82) is 0 Å². The van der Waals surface area contributed by atoms with Gasteiger partial charge in [0.15, 0.2) is 0 Å². The maximum atomic E-state index is 13.1. The van der Waals surface area contributed by atoms with Crippen LogP contribution in [0.15, 0.2) is 72.8 Å². The number of fused-ring (bicyclic) bond motifs is 1. The Balaban J connectivity index is 1.39. The van der Waals surface area contributed by atoms with E-state index in [1.165, 1.54) is 5.56 Å². The van der Waals surface area contributed by atoms with E-state index in [0.29, 0.717) is 30.0 Å². The minimum atomic E-state index is -0.200. The number of unbranched alkanes of at least 4 members (excludes halogenated alkanes) is 1. The third-order valence-electron chi connectivity index (χ3n) is 5.63. The molecule has 1 aliphatic heterocycles. The molecule has 0 bridgehead atoms. The lowest BCUT2D eigenvalue weighted by atomic mass is 10.0. The lowest BCUT2D eigenvalue weighted by Crippen LogP contribution is -2.35. The molecule has 32 heavy (non-hydrogen) atoms. The van der Waals surface area contributed by atoms with Crippen LogP contribution in [-0.2, 0) is 6.42 Å². The van der Waals surface area contributed by atoms with Crippen molar-refractivity contribution in [2.24, 2.45) is 0 Å². The molecule has 0 atom stereocenters. The van der Waals surface area contributed by atoms with Crippen molar-refractivity contribution in [1.82, 2.24) is 0 Å². The molecular weight excluding hydrogens is 400 g/mol. The molecule has 0 radical (unpaired) electrons. The summed E-state index contributed by atoms with van der Waals surface area (Å²) in [6, 6.07) is 22.2. The Kier molecular flexibility index (Phi) is 6.85. The molecule has 3 aromatic carbocycles. The van der Waals surface area contributed by atoms with Gasteiger partial charge in [0.05, 0.1) is 6.61 Å². The van der Waals surface area contributed by atoms with Gasteiger partial charge >= 0.3 is 0 Å². The van der Waals surface area contributed by atoms with Crippen LogP contribution in [0.25, 0.3) is 0 Å². The SMILES string of the molecule is CCCCOc1ccc(C(=O)Nc2ccc(C(=O)N3CCCc4ccccc43)cc2)cc1. The van der Waals surface area contributed by atoms with Crippen LogP contribution in [0.5, 0.6) is 5.75 Å². The molecule has 0 saturated heterocycles. The molecule has 5 nitrogen and oxygen atoms in total. The summed E-state index contributed by atoms with van der Waals surface area (Å²) in [6.45, 7) is 3.51. The van der Waals surface area contributed by atoms with Crippen LogP contribution >= 0.6 is 0 Å². The van der Waals surface area contributed by atoms with Gasteiger partial charge < -0.3 is 15.0 Å². The van der Waals surface area contributed by atoms with Gasteiger partial charge in [0.2, 0.25) is 0 Å². The normalized spacial score (nSPS) is 12.7. The molecule has 0 unspecified atom stereocenters. The molecular formula is C27H28N2O3. The third-order valence-corrected chi connectivity index (χ3v) is 5.63. The molecule has 3 aromatic rings. The van der Waals surface area contributed by atoms with E-state index in [2.05, 4.69) is 18.3 Å². The van der Waals surface area contributed by atoms with E-state index in [9.17, 15) is 9.59 Å². The fourth-order valence-corrected chi connectivity index (χ4v) is 3.84. The standard InChI is InChI=1S/C27H28N2O3/c1-2-3-19-32-24-16-12-21(13-17-24)26(30)28-23-14-10-22(11-15-23)27(31)29-18-6-8-20-7-4-5-9-25(20)29/h4-5,7,9-17H,2-3,6,8,18-19H2,1H3,(H,28,30). The average Bonchev–Trinajstić information content (AvgIpc) is 2.84. The summed E-state index contributed by atoms with van der Waals surface area (Å²) >= 11 is 0. The van der Waals surface area contributed by atoms with Crippen molar-refractivity contribution in [3.05, 3.63) is 89.5 Å². The summed E-state index contributed by atoms with van der Waals surface area (Å²) in [5, 5.41) is 2.89. The summed E-state index contributed by atoms with van der Waals surface area (Å²) < 4.78 is 5.64. The zero-order valence-corrected chi connectivity index (χ0v) is 18.3. The number of nitrogens with zero attached hydrogens (tertiary/aromatic N) is 1. The van der Waals surface area contributed by atoms with Crippen LogP contribution < -0.4 is 15.0 Å². The highest BCUT2D eigenvalue weighted by molar-refractivity contribution is 6.08. The number of nitrogens with one attached hydrogen (secondary N) is 1. The Morgan fingerprint density at radius 1 is 0.938 bits per heavy atom. The number of anilines is 2. The lowest BCUT2D eigenvalue weighted by Gasteiger charge is -2.29. The summed E-state index contributed by atoms with van der Waals surface area (Å²) in [5.41, 5.74) is 4.00. The number of amides is 2. The Labute approximate surface area is 189 Å². The largest absolute Gasteiger partial charge is 0.494 e. The van der Waals surface area contributed by atoms with Crippen LogP contribution in [0.3, 0.4) is 0 Å². The van der Waals surface area contributed by atoms with E-state index >= 15 is 0 Å². The molecule has 2 amide bonds. The zero-order chi connectivity index (χ0) is 22.3. The van der Waals surface area contributed by atoms with E-state index in [1.807, 2.05) is 35.2 Å². The van der Waals surface area contributed by atoms with Crippen LogP contribution in [0.1, 0.15) is 52.5 Å². The lowest BCUT2D eigenvalue weighted by molar-refractivity contribution is 0.0984. The fraction of sp³-hybridized carbons (Fsp3) is 0.259. The molecule has 0 saturated carbocycles. The first-order chi connectivity index (χ1) is 15.7. The minimum Gasteiger partial charge on any atom is -0.494 e. The van der Waals surface area contributed by atoms with Gasteiger partial charge in [-0.1, -0.05) is 31.5 Å². The Morgan fingerprint density at radius 3 is 2.41 bits per heavy atom. The summed E-state index contributed by atoms with van der Waals surface area (Å²) in [4.78, 5) is 27.5. The van der Waals surface area contributed by atoms with E-state index < -0.39 is 0 Å². The molecule has 0 spiro atoms. The second kappa shape index (κ2) is 10.1. The molecule has 1 heterocycles. The fourth-order valence-electron chi connectivity index (χ4n) is 3.84. The number of rotatable bonds is 7. The van der Waals surface area contributed by atoms with Gasteiger partial charge in [-0.3, -0.25) is 9.59 Å². The van der Waals surface area contributed by atoms with E-state index in [-0.39, 0.29) is 11.8 Å². The highest BCUT2D eigenvalue weighted by Crippen LogP contribution is 2.28. The Hall–Kier alpha value is -3.60. The number of hydrogen-bond acceptors (Lipinski definition) is 3. The molecule has 164 valence electrons. The van der Waals surface area contributed by atoms with E-state index in [4.69, 9.17) is 4.74 Å². The Morgan fingerprint density at radius 2 is 1.66 bits per heavy atom. The second-order valence-corrected chi connectivity index (χ2v) is 7.95. The molecule has 0 fully saturated rings. The molecule has 1 aliphatic rings. The molecule has 4 rings (SSSR count). The van der Waals surface area contributed by atoms with Crippen LogP contribution in [-0.4, -0.2) is 25.0 Å². The van der Waals surface area contributed by atoms with Crippen molar-refractivity contribution in [2.75, 3.05) is 23.4 Å². The smallest absolute Gasteiger partial charge is 0.258 e. The van der Waals surface area contributed by atoms with Gasteiger partial charge in [0.25, 0.3) is 11.8 Å². The topological polar surface area (TPSA) is 58.6 Å². The number of hydrogen-bond donors (Lipinski definition) is 1. The number of carbonyl (C=O) groups is 2. The minimum absolute atomic E-state index is 0.0197. The summed E-state index contributed by atoms with van der Waals surface area (Å²) in [7, 11) is 0. The van der Waals surface area contributed by atoms with Crippen LogP contribution in [0, 0.1) is 0 Å². The predicted molar refractivity (Wildman–Crippen MR) is 128 cm³/mol. The van der Waals surface area contributed by atoms with Gasteiger partial charge in [-0.05, 0) is 79.4 Å². The molecule has 5 heteroatoms. The van der Waals surface area contributed by atoms with Crippen molar-refractivity contribution in [2.45, 2.75) is 32.6 Å². The monoisotopic (exact) mass is 428 g/mol. The molecule has 0 aliphatic carbocycles. The quantitative estimate of drug-likeness (QED) is 0.490. The maximum absolute atomic E-state index is 13.1. The predicted octanol–water partition coefficient (Wildman–Crippen LogP) is 5.71. The third kappa shape index (κ3) is 4.99. The van der Waals surface area contributed by atoms with Gasteiger partial charge in [-0.25, -0.2) is 0 Å².